The minimum atomic E-state index is -0.518. The topological polar surface area (TPSA) is 49.9 Å². The van der Waals surface area contributed by atoms with Gasteiger partial charge in [0, 0.05) is 25.7 Å². The smallest absolute Gasteiger partial charge is 0.410 e. The summed E-state index contributed by atoms with van der Waals surface area (Å²) in [7, 11) is 0. The summed E-state index contributed by atoms with van der Waals surface area (Å²) in [5, 5.41) is 0. The van der Waals surface area contributed by atoms with E-state index < -0.39 is 5.60 Å². The highest BCUT2D eigenvalue weighted by molar-refractivity contribution is 5.81. The van der Waals surface area contributed by atoms with Crippen molar-refractivity contribution in [2.45, 2.75) is 84.4 Å². The molecule has 1 aliphatic carbocycles. The summed E-state index contributed by atoms with van der Waals surface area (Å²) in [6.45, 7) is 11.8. The monoisotopic (exact) mass is 400 g/mol. The summed E-state index contributed by atoms with van der Waals surface area (Å²) in [6.07, 6.45) is 3.54. The lowest BCUT2D eigenvalue weighted by molar-refractivity contribution is -0.138. The molecule has 160 valence electrons. The normalized spacial score (nSPS) is 19.9. The van der Waals surface area contributed by atoms with E-state index in [2.05, 4.69) is 38.1 Å². The summed E-state index contributed by atoms with van der Waals surface area (Å²) < 4.78 is 5.51. The molecule has 1 aromatic carbocycles. The molecular formula is C24H36N2O3. The van der Waals surface area contributed by atoms with Gasteiger partial charge in [-0.05, 0) is 63.5 Å². The summed E-state index contributed by atoms with van der Waals surface area (Å²) in [5.74, 6) is 0.562. The van der Waals surface area contributed by atoms with Crippen molar-refractivity contribution in [3.05, 3.63) is 35.4 Å². The van der Waals surface area contributed by atoms with E-state index >= 15 is 0 Å². The molecule has 0 spiro atoms. The number of ether oxygens (including phenoxy) is 1. The van der Waals surface area contributed by atoms with Crippen LogP contribution in [-0.4, -0.2) is 46.5 Å². The highest BCUT2D eigenvalue weighted by Crippen LogP contribution is 2.32. The van der Waals surface area contributed by atoms with Crippen molar-refractivity contribution in [2.24, 2.45) is 5.92 Å². The van der Waals surface area contributed by atoms with Gasteiger partial charge in [0.25, 0.3) is 0 Å². The van der Waals surface area contributed by atoms with E-state index in [0.29, 0.717) is 31.6 Å². The van der Waals surface area contributed by atoms with Crippen LogP contribution in [0.3, 0.4) is 0 Å². The van der Waals surface area contributed by atoms with Crippen molar-refractivity contribution in [2.75, 3.05) is 13.1 Å². The minimum absolute atomic E-state index is 0.133. The molecular weight excluding hydrogens is 364 g/mol. The fourth-order valence-corrected chi connectivity index (χ4v) is 3.88. The van der Waals surface area contributed by atoms with Gasteiger partial charge >= 0.3 is 6.09 Å². The summed E-state index contributed by atoms with van der Waals surface area (Å²) >= 11 is 0. The van der Waals surface area contributed by atoms with E-state index in [1.807, 2.05) is 25.7 Å². The van der Waals surface area contributed by atoms with Gasteiger partial charge in [-0.1, -0.05) is 38.1 Å². The molecule has 1 heterocycles. The summed E-state index contributed by atoms with van der Waals surface area (Å²) in [5.41, 5.74) is 1.98. The summed E-state index contributed by atoms with van der Waals surface area (Å²) in [6, 6.07) is 8.97. The first kappa shape index (κ1) is 21.7. The van der Waals surface area contributed by atoms with Gasteiger partial charge in [0.2, 0.25) is 5.91 Å². The van der Waals surface area contributed by atoms with E-state index in [9.17, 15) is 9.59 Å². The number of carbonyl (C=O) groups excluding carboxylic acids is 2. The van der Waals surface area contributed by atoms with Gasteiger partial charge in [-0.25, -0.2) is 4.79 Å². The number of carbonyl (C=O) groups is 2. The summed E-state index contributed by atoms with van der Waals surface area (Å²) in [4.78, 5) is 29.6. The molecule has 2 amide bonds. The van der Waals surface area contributed by atoms with Gasteiger partial charge in [-0.3, -0.25) is 4.79 Å². The molecule has 1 saturated carbocycles. The quantitative estimate of drug-likeness (QED) is 0.703. The zero-order valence-electron chi connectivity index (χ0n) is 18.6. The second-order valence-corrected chi connectivity index (χ2v) is 9.86. The number of piperidine rings is 1. The van der Waals surface area contributed by atoms with Crippen molar-refractivity contribution >= 4 is 12.0 Å². The zero-order valence-corrected chi connectivity index (χ0v) is 18.6. The molecule has 29 heavy (non-hydrogen) atoms. The van der Waals surface area contributed by atoms with Crippen LogP contribution < -0.4 is 0 Å². The van der Waals surface area contributed by atoms with Gasteiger partial charge < -0.3 is 14.5 Å². The van der Waals surface area contributed by atoms with Gasteiger partial charge in [0.05, 0.1) is 5.92 Å². The van der Waals surface area contributed by atoms with Gasteiger partial charge in [-0.15, -0.1) is 0 Å². The Morgan fingerprint density at radius 3 is 2.34 bits per heavy atom. The van der Waals surface area contributed by atoms with Gasteiger partial charge in [-0.2, -0.15) is 0 Å². The molecule has 1 saturated heterocycles. The van der Waals surface area contributed by atoms with E-state index in [-0.39, 0.29) is 17.9 Å². The lowest BCUT2D eigenvalue weighted by atomic mass is 9.96. The van der Waals surface area contributed by atoms with E-state index in [1.54, 1.807) is 4.90 Å². The van der Waals surface area contributed by atoms with Crippen molar-refractivity contribution in [1.82, 2.24) is 9.80 Å². The molecule has 1 aliphatic heterocycles. The number of benzene rings is 1. The van der Waals surface area contributed by atoms with Crippen LogP contribution in [-0.2, 0) is 16.1 Å². The molecule has 3 rings (SSSR count). The van der Waals surface area contributed by atoms with Crippen molar-refractivity contribution in [3.8, 4) is 0 Å². The molecule has 2 aliphatic rings. The maximum Gasteiger partial charge on any atom is 0.410 e. The maximum atomic E-state index is 13.4. The van der Waals surface area contributed by atoms with Crippen LogP contribution >= 0.6 is 0 Å². The Kier molecular flexibility index (Phi) is 6.55. The molecule has 1 aromatic rings. The lowest BCUT2D eigenvalue weighted by Crippen LogP contribution is -2.48. The molecule has 5 nitrogen and oxygen atoms in total. The van der Waals surface area contributed by atoms with Gasteiger partial charge in [0.15, 0.2) is 0 Å². The van der Waals surface area contributed by atoms with Crippen LogP contribution in [0.2, 0.25) is 0 Å². The van der Waals surface area contributed by atoms with Gasteiger partial charge in [0.1, 0.15) is 5.60 Å². The van der Waals surface area contributed by atoms with Crippen LogP contribution in [0.1, 0.15) is 77.3 Å². The van der Waals surface area contributed by atoms with Crippen molar-refractivity contribution < 1.29 is 14.3 Å². The first-order valence-electron chi connectivity index (χ1n) is 11.0. The Morgan fingerprint density at radius 2 is 1.79 bits per heavy atom. The molecule has 0 unspecified atom stereocenters. The third kappa shape index (κ3) is 5.97. The minimum Gasteiger partial charge on any atom is -0.444 e. The third-order valence-corrected chi connectivity index (χ3v) is 5.69. The Labute approximate surface area is 175 Å². The van der Waals surface area contributed by atoms with Crippen LogP contribution in [0, 0.1) is 5.92 Å². The molecule has 1 atom stereocenters. The molecule has 0 aromatic heterocycles. The standard InChI is InChI=1S/C24H36N2O3/c1-17(2)19-10-8-18(9-11-19)15-26(21-12-13-21)22(27)20-7-6-14-25(16-20)23(28)29-24(3,4)5/h8-11,17,20-21H,6-7,12-16H2,1-5H3/t20-/m0/s1. The third-order valence-electron chi connectivity index (χ3n) is 5.69. The Balaban J connectivity index is 1.65. The maximum absolute atomic E-state index is 13.4. The van der Waals surface area contributed by atoms with Crippen molar-refractivity contribution in [3.63, 3.8) is 0 Å². The Bertz CT molecular complexity index is 717. The zero-order chi connectivity index (χ0) is 21.2. The van der Waals surface area contributed by atoms with Crippen LogP contribution in [0.25, 0.3) is 0 Å². The number of hydrogen-bond donors (Lipinski definition) is 0. The molecule has 0 N–H and O–H groups in total. The predicted octanol–water partition coefficient (Wildman–Crippen LogP) is 4.95. The lowest BCUT2D eigenvalue weighted by Gasteiger charge is -2.36. The fourth-order valence-electron chi connectivity index (χ4n) is 3.88. The number of likely N-dealkylation sites (tertiary alicyclic amines) is 1. The average Bonchev–Trinajstić information content (AvgIpc) is 3.50. The van der Waals surface area contributed by atoms with Crippen LogP contribution in [0.4, 0.5) is 4.79 Å². The Hall–Kier alpha value is -2.04. The van der Waals surface area contributed by atoms with Crippen molar-refractivity contribution in [1.29, 1.82) is 0 Å². The molecule has 0 bridgehead atoms. The first-order valence-corrected chi connectivity index (χ1v) is 11.0. The number of hydrogen-bond acceptors (Lipinski definition) is 3. The predicted molar refractivity (Wildman–Crippen MR) is 115 cm³/mol. The average molecular weight is 401 g/mol. The number of rotatable bonds is 5. The fraction of sp³-hybridized carbons (Fsp3) is 0.667. The highest BCUT2D eigenvalue weighted by Gasteiger charge is 2.38. The molecule has 5 heteroatoms. The highest BCUT2D eigenvalue weighted by atomic mass is 16.6. The van der Waals surface area contributed by atoms with Crippen LogP contribution in [0.5, 0.6) is 0 Å². The molecule has 2 fully saturated rings. The largest absolute Gasteiger partial charge is 0.444 e. The van der Waals surface area contributed by atoms with E-state index in [1.165, 1.54) is 11.1 Å². The number of nitrogens with zero attached hydrogens (tertiary/aromatic N) is 2. The van der Waals surface area contributed by atoms with Crippen LogP contribution in [0.15, 0.2) is 24.3 Å². The van der Waals surface area contributed by atoms with E-state index in [0.717, 1.165) is 25.7 Å². The van der Waals surface area contributed by atoms with E-state index in [4.69, 9.17) is 4.74 Å². The first-order chi connectivity index (χ1) is 13.6. The number of amides is 2. The second-order valence-electron chi connectivity index (χ2n) is 9.86. The second kappa shape index (κ2) is 8.76. The SMILES string of the molecule is CC(C)c1ccc(CN(C(=O)[C@H]2CCCN(C(=O)OC(C)(C)C)C2)C2CC2)cc1. The molecule has 0 radical (unpaired) electrons. The Morgan fingerprint density at radius 1 is 1.14 bits per heavy atom.